The van der Waals surface area contributed by atoms with Crippen LogP contribution in [0.3, 0.4) is 0 Å². The highest BCUT2D eigenvalue weighted by Crippen LogP contribution is 2.24. The number of ether oxygens (including phenoxy) is 1. The quantitative estimate of drug-likeness (QED) is 0.382. The van der Waals surface area contributed by atoms with Crippen molar-refractivity contribution >= 4 is 22.7 Å². The molecule has 0 bridgehead atoms. The number of nitrogens with one attached hydrogen (secondary N) is 1. The van der Waals surface area contributed by atoms with E-state index in [9.17, 15) is 0 Å². The molecule has 0 radical (unpaired) electrons. The molecule has 0 fully saturated rings. The number of rotatable bonds is 7. The lowest BCUT2D eigenvalue weighted by atomic mass is 10.1. The molecule has 0 aliphatic heterocycles. The molecular formula is C25H24N8O. The molecule has 5 aromatic rings. The van der Waals surface area contributed by atoms with E-state index in [-0.39, 0.29) is 0 Å². The summed E-state index contributed by atoms with van der Waals surface area (Å²) in [5.41, 5.74) is 5.45. The van der Waals surface area contributed by atoms with Crippen LogP contribution >= 0.6 is 0 Å². The van der Waals surface area contributed by atoms with Gasteiger partial charge >= 0.3 is 0 Å². The van der Waals surface area contributed by atoms with Gasteiger partial charge in [0.25, 0.3) is 0 Å². The lowest BCUT2D eigenvalue weighted by Gasteiger charge is -2.09. The van der Waals surface area contributed by atoms with Crippen molar-refractivity contribution in [1.29, 1.82) is 0 Å². The van der Waals surface area contributed by atoms with E-state index in [0.29, 0.717) is 30.0 Å². The molecule has 0 saturated carbocycles. The molecule has 1 N–H and O–H groups in total. The maximum absolute atomic E-state index is 5.20. The zero-order valence-electron chi connectivity index (χ0n) is 19.2. The zero-order valence-corrected chi connectivity index (χ0v) is 19.2. The molecule has 5 aromatic heterocycles. The number of aromatic nitrogens is 7. The lowest BCUT2D eigenvalue weighted by Crippen LogP contribution is -2.02. The summed E-state index contributed by atoms with van der Waals surface area (Å²) < 4.78 is 7.04. The fourth-order valence-corrected chi connectivity index (χ4v) is 3.55. The van der Waals surface area contributed by atoms with Crippen molar-refractivity contribution < 1.29 is 4.74 Å². The molecule has 170 valence electrons. The van der Waals surface area contributed by atoms with Crippen LogP contribution in [0.4, 0.5) is 11.6 Å². The summed E-state index contributed by atoms with van der Waals surface area (Å²) in [5, 5.41) is 16.0. The van der Waals surface area contributed by atoms with E-state index in [4.69, 9.17) is 9.72 Å². The van der Waals surface area contributed by atoms with Gasteiger partial charge in [0.15, 0.2) is 5.82 Å². The van der Waals surface area contributed by atoms with Crippen LogP contribution in [0.5, 0.6) is 5.88 Å². The molecule has 5 rings (SSSR count). The van der Waals surface area contributed by atoms with Crippen LogP contribution in [0.25, 0.3) is 22.2 Å². The van der Waals surface area contributed by atoms with Gasteiger partial charge in [0.05, 0.1) is 42.8 Å². The van der Waals surface area contributed by atoms with Crippen LogP contribution in [0, 0.1) is 0 Å². The van der Waals surface area contributed by atoms with Crippen molar-refractivity contribution in [3.63, 3.8) is 0 Å². The monoisotopic (exact) mass is 452 g/mol. The second-order valence-corrected chi connectivity index (χ2v) is 8.21. The second-order valence-electron chi connectivity index (χ2n) is 8.21. The standard InChI is InChI=1S/C25H24N8O/c1-16(2)17-10-24(32-27-12-17)31-23-8-7-21-22(30-23)9-18(11-26-21)19-13-28-33(14-19)15-20-5-4-6-25(29-20)34-3/h4-14,16H,15H2,1-3H3,(H,30,31,32). The fourth-order valence-electron chi connectivity index (χ4n) is 3.55. The third-order valence-electron chi connectivity index (χ3n) is 5.42. The van der Waals surface area contributed by atoms with E-state index < -0.39 is 0 Å². The lowest BCUT2D eigenvalue weighted by molar-refractivity contribution is 0.395. The number of anilines is 2. The zero-order chi connectivity index (χ0) is 23.5. The second kappa shape index (κ2) is 9.22. The average Bonchev–Trinajstić information content (AvgIpc) is 3.32. The molecular weight excluding hydrogens is 428 g/mol. The van der Waals surface area contributed by atoms with Gasteiger partial charge in [0.2, 0.25) is 5.88 Å². The molecule has 0 spiro atoms. The maximum atomic E-state index is 5.20. The Labute approximate surface area is 196 Å². The van der Waals surface area contributed by atoms with E-state index in [2.05, 4.69) is 44.4 Å². The normalized spacial score (nSPS) is 11.2. The summed E-state index contributed by atoms with van der Waals surface area (Å²) in [7, 11) is 1.61. The molecule has 0 atom stereocenters. The predicted octanol–water partition coefficient (Wildman–Crippen LogP) is 4.60. The minimum Gasteiger partial charge on any atom is -0.481 e. The molecule has 0 unspecified atom stereocenters. The summed E-state index contributed by atoms with van der Waals surface area (Å²) in [4.78, 5) is 13.8. The Balaban J connectivity index is 1.38. The Bertz CT molecular complexity index is 1450. The third kappa shape index (κ3) is 4.68. The molecule has 0 aliphatic rings. The van der Waals surface area contributed by atoms with Gasteiger partial charge in [-0.05, 0) is 41.8 Å². The number of pyridine rings is 3. The summed E-state index contributed by atoms with van der Waals surface area (Å²) in [6, 6.07) is 13.5. The highest BCUT2D eigenvalue weighted by Gasteiger charge is 2.09. The Morgan fingerprint density at radius 3 is 2.71 bits per heavy atom. The first-order valence-electron chi connectivity index (χ1n) is 11.0. The molecule has 9 heteroatoms. The van der Waals surface area contributed by atoms with Gasteiger partial charge in [-0.3, -0.25) is 9.67 Å². The van der Waals surface area contributed by atoms with Gasteiger partial charge in [-0.2, -0.15) is 10.2 Å². The van der Waals surface area contributed by atoms with E-state index in [0.717, 1.165) is 33.4 Å². The van der Waals surface area contributed by atoms with Crippen LogP contribution in [0.15, 0.2) is 67.3 Å². The van der Waals surface area contributed by atoms with Gasteiger partial charge in [-0.15, -0.1) is 5.10 Å². The first-order valence-corrected chi connectivity index (χ1v) is 11.0. The molecule has 34 heavy (non-hydrogen) atoms. The van der Waals surface area contributed by atoms with Crippen LogP contribution in [0.1, 0.15) is 31.0 Å². The van der Waals surface area contributed by atoms with Crippen LogP contribution in [-0.2, 0) is 6.54 Å². The molecule has 0 saturated heterocycles. The first-order chi connectivity index (χ1) is 16.6. The smallest absolute Gasteiger partial charge is 0.213 e. The summed E-state index contributed by atoms with van der Waals surface area (Å²) in [5.74, 6) is 2.30. The maximum Gasteiger partial charge on any atom is 0.213 e. The van der Waals surface area contributed by atoms with Crippen molar-refractivity contribution in [2.24, 2.45) is 0 Å². The molecule has 0 aromatic carbocycles. The first kappa shape index (κ1) is 21.4. The van der Waals surface area contributed by atoms with Crippen LogP contribution in [0.2, 0.25) is 0 Å². The van der Waals surface area contributed by atoms with Crippen molar-refractivity contribution in [3.05, 3.63) is 78.5 Å². The molecule has 5 heterocycles. The van der Waals surface area contributed by atoms with E-state index in [1.807, 2.05) is 65.7 Å². The minimum atomic E-state index is 0.369. The highest BCUT2D eigenvalue weighted by atomic mass is 16.5. The topological polar surface area (TPSA) is 104 Å². The largest absolute Gasteiger partial charge is 0.481 e. The van der Waals surface area contributed by atoms with Gasteiger partial charge in [-0.1, -0.05) is 19.9 Å². The number of hydrogen-bond donors (Lipinski definition) is 1. The Kier molecular flexibility index (Phi) is 5.82. The van der Waals surface area contributed by atoms with Gasteiger partial charge in [0.1, 0.15) is 5.82 Å². The number of hydrogen-bond acceptors (Lipinski definition) is 8. The van der Waals surface area contributed by atoms with E-state index in [1.165, 1.54) is 0 Å². The van der Waals surface area contributed by atoms with Gasteiger partial charge < -0.3 is 10.1 Å². The minimum absolute atomic E-state index is 0.369. The van der Waals surface area contributed by atoms with Crippen molar-refractivity contribution in [2.45, 2.75) is 26.3 Å². The number of methoxy groups -OCH3 is 1. The van der Waals surface area contributed by atoms with Crippen molar-refractivity contribution in [3.8, 4) is 17.0 Å². The highest BCUT2D eigenvalue weighted by molar-refractivity contribution is 5.81. The summed E-state index contributed by atoms with van der Waals surface area (Å²) in [6.07, 6.45) is 7.40. The van der Waals surface area contributed by atoms with Gasteiger partial charge in [0, 0.05) is 29.6 Å². The molecule has 0 aliphatic carbocycles. The Morgan fingerprint density at radius 2 is 1.85 bits per heavy atom. The SMILES string of the molecule is COc1cccc(Cn2cc(-c3cnc4ccc(Nc5cc(C(C)C)cnn5)nc4c3)cn2)n1. The van der Waals surface area contributed by atoms with Crippen LogP contribution < -0.4 is 10.1 Å². The molecule has 9 nitrogen and oxygen atoms in total. The van der Waals surface area contributed by atoms with Gasteiger partial charge in [-0.25, -0.2) is 9.97 Å². The van der Waals surface area contributed by atoms with Crippen molar-refractivity contribution in [2.75, 3.05) is 12.4 Å². The predicted molar refractivity (Wildman–Crippen MR) is 130 cm³/mol. The van der Waals surface area contributed by atoms with Crippen molar-refractivity contribution in [1.82, 2.24) is 34.9 Å². The Hall–Kier alpha value is -4.40. The fraction of sp³-hybridized carbons (Fsp3) is 0.200. The Morgan fingerprint density at radius 1 is 0.941 bits per heavy atom. The number of nitrogens with zero attached hydrogens (tertiary/aromatic N) is 7. The summed E-state index contributed by atoms with van der Waals surface area (Å²) in [6.45, 7) is 4.79. The summed E-state index contributed by atoms with van der Waals surface area (Å²) >= 11 is 0. The number of fused-ring (bicyclic) bond motifs is 1. The van der Waals surface area contributed by atoms with Crippen LogP contribution in [-0.4, -0.2) is 42.0 Å². The van der Waals surface area contributed by atoms with E-state index in [1.54, 1.807) is 13.3 Å². The third-order valence-corrected chi connectivity index (χ3v) is 5.42. The average molecular weight is 453 g/mol. The van der Waals surface area contributed by atoms with E-state index >= 15 is 0 Å². The molecule has 0 amide bonds.